The number of nitrogen functional groups attached to an aromatic ring is 1. The van der Waals surface area contributed by atoms with E-state index in [1.807, 2.05) is 0 Å². The molecule has 0 saturated carbocycles. The zero-order valence-corrected chi connectivity index (χ0v) is 9.38. The van der Waals surface area contributed by atoms with E-state index in [1.165, 1.54) is 11.8 Å². The minimum atomic E-state index is -0.487. The van der Waals surface area contributed by atoms with Crippen molar-refractivity contribution in [2.45, 2.75) is 10.1 Å². The van der Waals surface area contributed by atoms with Gasteiger partial charge in [0.2, 0.25) is 0 Å². The van der Waals surface area contributed by atoms with Gasteiger partial charge in [0.25, 0.3) is 0 Å². The monoisotopic (exact) mass is 248 g/mol. The number of nitrogens with two attached hydrogens (primary N) is 1. The van der Waals surface area contributed by atoms with Crippen LogP contribution in [-0.4, -0.2) is 15.0 Å². The Morgan fingerprint density at radius 2 is 2.29 bits per heavy atom. The molecule has 0 atom stereocenters. The predicted octanol–water partition coefficient (Wildman–Crippen LogP) is 1.58. The molecular formula is C10H8N4O2S. The third-order valence-electron chi connectivity index (χ3n) is 2.23. The van der Waals surface area contributed by atoms with Gasteiger partial charge in [-0.1, -0.05) is 0 Å². The summed E-state index contributed by atoms with van der Waals surface area (Å²) < 4.78 is 4.92. The van der Waals surface area contributed by atoms with Crippen LogP contribution in [0.5, 0.6) is 0 Å². The zero-order chi connectivity index (χ0) is 11.8. The quantitative estimate of drug-likeness (QED) is 0.598. The lowest BCUT2D eigenvalue weighted by Crippen LogP contribution is -1.93. The van der Waals surface area contributed by atoms with Crippen LogP contribution in [0.25, 0.3) is 11.1 Å². The lowest BCUT2D eigenvalue weighted by Gasteiger charge is -2.02. The molecule has 0 unspecified atom stereocenters. The van der Waals surface area contributed by atoms with E-state index in [9.17, 15) is 4.79 Å². The highest BCUT2D eigenvalue weighted by Gasteiger charge is 2.09. The van der Waals surface area contributed by atoms with Gasteiger partial charge in [0, 0.05) is 29.0 Å². The Kier molecular flexibility index (Phi) is 2.19. The van der Waals surface area contributed by atoms with E-state index < -0.39 is 5.76 Å². The number of oxazole rings is 1. The normalized spacial score (nSPS) is 11.1. The summed E-state index contributed by atoms with van der Waals surface area (Å²) in [5.41, 5.74) is 7.50. The third-order valence-corrected chi connectivity index (χ3v) is 3.22. The Hall–Kier alpha value is -2.15. The molecule has 4 N–H and O–H groups in total. The molecular weight excluding hydrogens is 240 g/mol. The maximum atomic E-state index is 11.0. The number of imidazole rings is 1. The number of benzene rings is 1. The summed E-state index contributed by atoms with van der Waals surface area (Å²) in [4.78, 5) is 21.5. The molecule has 0 fully saturated rings. The molecule has 86 valence electrons. The van der Waals surface area contributed by atoms with Crippen LogP contribution in [0.4, 0.5) is 5.69 Å². The van der Waals surface area contributed by atoms with Crippen molar-refractivity contribution in [3.63, 3.8) is 0 Å². The van der Waals surface area contributed by atoms with Gasteiger partial charge in [-0.2, -0.15) is 0 Å². The maximum absolute atomic E-state index is 11.0. The molecule has 0 bridgehead atoms. The van der Waals surface area contributed by atoms with Gasteiger partial charge in [-0.25, -0.2) is 9.78 Å². The molecule has 0 spiro atoms. The van der Waals surface area contributed by atoms with Crippen molar-refractivity contribution in [3.8, 4) is 0 Å². The van der Waals surface area contributed by atoms with E-state index in [1.54, 1.807) is 24.5 Å². The summed E-state index contributed by atoms with van der Waals surface area (Å²) in [6.07, 6.45) is 3.40. The molecule has 6 nitrogen and oxygen atoms in total. The second-order valence-electron chi connectivity index (χ2n) is 3.40. The number of aromatic nitrogens is 3. The summed E-state index contributed by atoms with van der Waals surface area (Å²) in [6.45, 7) is 0. The molecule has 0 aliphatic rings. The van der Waals surface area contributed by atoms with Crippen molar-refractivity contribution in [2.24, 2.45) is 0 Å². The van der Waals surface area contributed by atoms with Gasteiger partial charge in [-0.3, -0.25) is 4.98 Å². The molecule has 2 heterocycles. The highest BCUT2D eigenvalue weighted by atomic mass is 32.2. The van der Waals surface area contributed by atoms with Crippen LogP contribution in [-0.2, 0) is 0 Å². The number of aromatic amines is 2. The van der Waals surface area contributed by atoms with Crippen LogP contribution in [0.1, 0.15) is 0 Å². The number of rotatable bonds is 2. The van der Waals surface area contributed by atoms with Gasteiger partial charge in [-0.15, -0.1) is 0 Å². The van der Waals surface area contributed by atoms with Crippen molar-refractivity contribution < 1.29 is 4.42 Å². The molecule has 2 aromatic heterocycles. The Morgan fingerprint density at radius 1 is 1.41 bits per heavy atom. The van der Waals surface area contributed by atoms with E-state index in [0.717, 1.165) is 10.1 Å². The standard InChI is InChI=1S/C10H8N4O2S/c11-5-3-7-6(14-10(15)16-7)4-8(5)17-9-12-1-2-13-9/h1-4H,11H2,(H,12,13)(H,14,15). The average Bonchev–Trinajstić information content (AvgIpc) is 2.87. The van der Waals surface area contributed by atoms with Crippen LogP contribution < -0.4 is 11.5 Å². The molecule has 0 aliphatic heterocycles. The highest BCUT2D eigenvalue weighted by molar-refractivity contribution is 7.99. The summed E-state index contributed by atoms with van der Waals surface area (Å²) in [7, 11) is 0. The minimum Gasteiger partial charge on any atom is -0.408 e. The highest BCUT2D eigenvalue weighted by Crippen LogP contribution is 2.32. The second-order valence-corrected chi connectivity index (χ2v) is 4.43. The first kappa shape index (κ1) is 10.0. The van der Waals surface area contributed by atoms with Gasteiger partial charge in [0.05, 0.1) is 5.52 Å². The summed E-state index contributed by atoms with van der Waals surface area (Å²) in [6, 6.07) is 3.39. The molecule has 0 amide bonds. The fraction of sp³-hybridized carbons (Fsp3) is 0. The van der Waals surface area contributed by atoms with Crippen LogP contribution >= 0.6 is 11.8 Å². The predicted molar refractivity (Wildman–Crippen MR) is 64.0 cm³/mol. The van der Waals surface area contributed by atoms with Crippen molar-refractivity contribution in [1.29, 1.82) is 0 Å². The number of fused-ring (bicyclic) bond motifs is 1. The fourth-order valence-electron chi connectivity index (χ4n) is 1.49. The Morgan fingerprint density at radius 3 is 3.06 bits per heavy atom. The maximum Gasteiger partial charge on any atom is 0.417 e. The smallest absolute Gasteiger partial charge is 0.408 e. The average molecular weight is 248 g/mol. The number of H-pyrrole nitrogens is 2. The molecule has 7 heteroatoms. The lowest BCUT2D eigenvalue weighted by molar-refractivity contribution is 0.555. The van der Waals surface area contributed by atoms with Crippen LogP contribution in [0.15, 0.2) is 43.8 Å². The number of nitrogens with one attached hydrogen (secondary N) is 2. The first-order chi connectivity index (χ1) is 8.22. The molecule has 1 aromatic carbocycles. The van der Waals surface area contributed by atoms with Gasteiger partial charge < -0.3 is 15.1 Å². The van der Waals surface area contributed by atoms with Crippen LogP contribution in [0, 0.1) is 0 Å². The Labute approximate surface area is 99.2 Å². The van der Waals surface area contributed by atoms with Crippen LogP contribution in [0.3, 0.4) is 0 Å². The van der Waals surface area contributed by atoms with E-state index in [0.29, 0.717) is 16.8 Å². The summed E-state index contributed by atoms with van der Waals surface area (Å²) in [5, 5.41) is 0.738. The van der Waals surface area contributed by atoms with E-state index in [4.69, 9.17) is 10.2 Å². The van der Waals surface area contributed by atoms with Gasteiger partial charge in [0.1, 0.15) is 0 Å². The van der Waals surface area contributed by atoms with Crippen molar-refractivity contribution in [1.82, 2.24) is 15.0 Å². The number of hydrogen-bond acceptors (Lipinski definition) is 5. The Balaban J connectivity index is 2.09. The number of nitrogens with zero attached hydrogens (tertiary/aromatic N) is 1. The van der Waals surface area contributed by atoms with E-state index >= 15 is 0 Å². The molecule has 3 rings (SSSR count). The SMILES string of the molecule is Nc1cc2oc(=O)[nH]c2cc1Sc1ncc[nH]1. The van der Waals surface area contributed by atoms with Crippen molar-refractivity contribution >= 4 is 28.5 Å². The number of hydrogen-bond donors (Lipinski definition) is 3. The summed E-state index contributed by atoms with van der Waals surface area (Å²) in [5.74, 6) is -0.487. The third kappa shape index (κ3) is 1.80. The zero-order valence-electron chi connectivity index (χ0n) is 8.56. The van der Waals surface area contributed by atoms with Gasteiger partial charge in [-0.05, 0) is 17.8 Å². The fourth-order valence-corrected chi connectivity index (χ4v) is 2.29. The van der Waals surface area contributed by atoms with Gasteiger partial charge in [0.15, 0.2) is 10.7 Å². The topological polar surface area (TPSA) is 101 Å². The summed E-state index contributed by atoms with van der Waals surface area (Å²) >= 11 is 1.39. The number of anilines is 1. The van der Waals surface area contributed by atoms with E-state index in [2.05, 4.69) is 15.0 Å². The molecule has 0 saturated heterocycles. The largest absolute Gasteiger partial charge is 0.417 e. The van der Waals surface area contributed by atoms with Gasteiger partial charge >= 0.3 is 5.76 Å². The Bertz CT molecular complexity index is 714. The second kappa shape index (κ2) is 3.70. The first-order valence-corrected chi connectivity index (χ1v) is 5.63. The van der Waals surface area contributed by atoms with E-state index in [-0.39, 0.29) is 0 Å². The van der Waals surface area contributed by atoms with Crippen LogP contribution in [0.2, 0.25) is 0 Å². The first-order valence-electron chi connectivity index (χ1n) is 4.82. The molecule has 3 aromatic rings. The lowest BCUT2D eigenvalue weighted by atomic mass is 10.3. The molecule has 0 aliphatic carbocycles. The van der Waals surface area contributed by atoms with Crippen molar-refractivity contribution in [2.75, 3.05) is 5.73 Å². The minimum absolute atomic E-state index is 0.455. The molecule has 0 radical (unpaired) electrons. The van der Waals surface area contributed by atoms with Crippen molar-refractivity contribution in [3.05, 3.63) is 35.1 Å². The molecule has 17 heavy (non-hydrogen) atoms.